The molecule has 1 N–H and O–H groups in total. The van der Waals surface area contributed by atoms with E-state index in [0.717, 1.165) is 48.5 Å². The van der Waals surface area contributed by atoms with Crippen molar-refractivity contribution in [2.45, 2.75) is 19.5 Å². The standard InChI is InChI=1S/C22H23NO5/c1-25-17-4-5-18-16(10-22(24)28-19(18)11-17)13-23-7-6-14-8-20(26-2)21(27-3)9-15(14)12-23/h4-5,8-11H,6-7,12-13H2,1-3H3/p+1. The number of methoxy groups -OCH3 is 3. The average Bonchev–Trinajstić information content (AvgIpc) is 2.71. The predicted octanol–water partition coefficient (Wildman–Crippen LogP) is 1.96. The van der Waals surface area contributed by atoms with E-state index in [2.05, 4.69) is 12.1 Å². The van der Waals surface area contributed by atoms with Crippen LogP contribution in [0.4, 0.5) is 0 Å². The summed E-state index contributed by atoms with van der Waals surface area (Å²) in [5, 5.41) is 0.950. The van der Waals surface area contributed by atoms with Crippen LogP contribution in [0.25, 0.3) is 11.0 Å². The van der Waals surface area contributed by atoms with Crippen LogP contribution in [0.3, 0.4) is 0 Å². The number of hydrogen-bond donors (Lipinski definition) is 1. The number of ether oxygens (including phenoxy) is 3. The Morgan fingerprint density at radius 2 is 1.71 bits per heavy atom. The third-order valence-electron chi connectivity index (χ3n) is 5.37. The first-order valence-corrected chi connectivity index (χ1v) is 9.29. The van der Waals surface area contributed by atoms with Gasteiger partial charge in [-0.1, -0.05) is 0 Å². The lowest BCUT2D eigenvalue weighted by atomic mass is 9.98. The normalized spacial score (nSPS) is 15.9. The SMILES string of the molecule is COc1ccc2c(C[NH+]3CCc4cc(OC)c(OC)cc4C3)cc(=O)oc2c1. The van der Waals surface area contributed by atoms with Gasteiger partial charge < -0.3 is 23.5 Å². The number of hydrogen-bond acceptors (Lipinski definition) is 5. The Morgan fingerprint density at radius 3 is 2.43 bits per heavy atom. The zero-order chi connectivity index (χ0) is 19.7. The van der Waals surface area contributed by atoms with Crippen molar-refractivity contribution in [2.24, 2.45) is 0 Å². The maximum absolute atomic E-state index is 12.1. The lowest BCUT2D eigenvalue weighted by Crippen LogP contribution is -3.10. The van der Waals surface area contributed by atoms with Crippen LogP contribution in [0.15, 0.2) is 45.6 Å². The average molecular weight is 382 g/mol. The van der Waals surface area contributed by atoms with Crippen LogP contribution in [0.2, 0.25) is 0 Å². The Bertz CT molecular complexity index is 1070. The molecular formula is C22H24NO5+. The minimum Gasteiger partial charge on any atom is -0.497 e. The molecule has 28 heavy (non-hydrogen) atoms. The Kier molecular flexibility index (Phi) is 4.96. The molecule has 0 fully saturated rings. The fourth-order valence-corrected chi connectivity index (χ4v) is 3.93. The molecule has 6 nitrogen and oxygen atoms in total. The minimum absolute atomic E-state index is 0.334. The third kappa shape index (κ3) is 3.43. The number of benzene rings is 2. The van der Waals surface area contributed by atoms with Gasteiger partial charge in [0.2, 0.25) is 0 Å². The molecular weight excluding hydrogens is 358 g/mol. The van der Waals surface area contributed by atoms with Gasteiger partial charge in [-0.25, -0.2) is 4.79 Å². The first kappa shape index (κ1) is 18.4. The molecule has 0 saturated heterocycles. The summed E-state index contributed by atoms with van der Waals surface area (Å²) in [6.45, 7) is 2.61. The van der Waals surface area contributed by atoms with E-state index in [0.29, 0.717) is 11.3 Å². The van der Waals surface area contributed by atoms with E-state index in [1.54, 1.807) is 33.5 Å². The van der Waals surface area contributed by atoms with Gasteiger partial charge in [0, 0.05) is 35.1 Å². The zero-order valence-electron chi connectivity index (χ0n) is 16.3. The zero-order valence-corrected chi connectivity index (χ0v) is 16.3. The van der Waals surface area contributed by atoms with Crippen LogP contribution in [0, 0.1) is 0 Å². The van der Waals surface area contributed by atoms with E-state index in [1.165, 1.54) is 16.0 Å². The van der Waals surface area contributed by atoms with E-state index < -0.39 is 0 Å². The minimum atomic E-state index is -0.334. The summed E-state index contributed by atoms with van der Waals surface area (Å²) in [6, 6.07) is 11.4. The Hall–Kier alpha value is -2.99. The number of fused-ring (bicyclic) bond motifs is 2. The highest BCUT2D eigenvalue weighted by atomic mass is 16.5. The molecule has 0 spiro atoms. The number of quaternary nitrogens is 1. The molecule has 1 aliphatic rings. The van der Waals surface area contributed by atoms with Crippen molar-refractivity contribution >= 4 is 11.0 Å². The monoisotopic (exact) mass is 382 g/mol. The van der Waals surface area contributed by atoms with Crippen molar-refractivity contribution in [2.75, 3.05) is 27.9 Å². The Morgan fingerprint density at radius 1 is 0.964 bits per heavy atom. The molecule has 2 aromatic carbocycles. The number of nitrogens with one attached hydrogen (secondary N) is 1. The Labute approximate surface area is 163 Å². The van der Waals surface area contributed by atoms with Gasteiger partial charge in [-0.15, -0.1) is 0 Å². The highest BCUT2D eigenvalue weighted by molar-refractivity contribution is 5.81. The van der Waals surface area contributed by atoms with E-state index in [9.17, 15) is 4.79 Å². The summed E-state index contributed by atoms with van der Waals surface area (Å²) in [5.74, 6) is 2.19. The van der Waals surface area contributed by atoms with Gasteiger partial charge in [-0.05, 0) is 29.8 Å². The molecule has 4 rings (SSSR count). The fourth-order valence-electron chi connectivity index (χ4n) is 3.93. The van der Waals surface area contributed by atoms with Crippen LogP contribution in [-0.4, -0.2) is 27.9 Å². The van der Waals surface area contributed by atoms with E-state index in [1.807, 2.05) is 12.1 Å². The second kappa shape index (κ2) is 7.56. The maximum atomic E-state index is 12.1. The molecule has 0 bridgehead atoms. The first-order chi connectivity index (χ1) is 13.6. The second-order valence-electron chi connectivity index (χ2n) is 7.03. The molecule has 3 aromatic rings. The van der Waals surface area contributed by atoms with Crippen LogP contribution in [0.5, 0.6) is 17.2 Å². The topological polar surface area (TPSA) is 62.3 Å². The molecule has 1 atom stereocenters. The van der Waals surface area contributed by atoms with Crippen molar-refractivity contribution in [3.8, 4) is 17.2 Å². The first-order valence-electron chi connectivity index (χ1n) is 9.29. The van der Waals surface area contributed by atoms with E-state index in [4.69, 9.17) is 18.6 Å². The highest BCUT2D eigenvalue weighted by Gasteiger charge is 2.23. The molecule has 0 amide bonds. The third-order valence-corrected chi connectivity index (χ3v) is 5.37. The van der Waals surface area contributed by atoms with Crippen LogP contribution in [0.1, 0.15) is 16.7 Å². The highest BCUT2D eigenvalue weighted by Crippen LogP contribution is 2.31. The molecule has 2 heterocycles. The molecule has 146 valence electrons. The fraction of sp³-hybridized carbons (Fsp3) is 0.318. The summed E-state index contributed by atoms with van der Waals surface area (Å²) >= 11 is 0. The van der Waals surface area contributed by atoms with Crippen molar-refractivity contribution in [3.63, 3.8) is 0 Å². The van der Waals surface area contributed by atoms with Gasteiger partial charge in [-0.3, -0.25) is 0 Å². The van der Waals surface area contributed by atoms with Crippen molar-refractivity contribution < 1.29 is 23.5 Å². The van der Waals surface area contributed by atoms with E-state index in [-0.39, 0.29) is 5.63 Å². The van der Waals surface area contributed by atoms with Crippen molar-refractivity contribution in [3.05, 3.63) is 63.5 Å². The molecule has 0 saturated carbocycles. The largest absolute Gasteiger partial charge is 0.497 e. The predicted molar refractivity (Wildman–Crippen MR) is 106 cm³/mol. The van der Waals surface area contributed by atoms with Gasteiger partial charge in [0.25, 0.3) is 0 Å². The van der Waals surface area contributed by atoms with Crippen molar-refractivity contribution in [1.29, 1.82) is 0 Å². The quantitative estimate of drug-likeness (QED) is 0.684. The van der Waals surface area contributed by atoms with Gasteiger partial charge in [0.15, 0.2) is 11.5 Å². The molecule has 1 aromatic heterocycles. The molecule has 1 unspecified atom stereocenters. The molecule has 0 radical (unpaired) electrons. The maximum Gasteiger partial charge on any atom is 0.336 e. The summed E-state index contributed by atoms with van der Waals surface area (Å²) in [7, 11) is 4.91. The lowest BCUT2D eigenvalue weighted by molar-refractivity contribution is -0.929. The van der Waals surface area contributed by atoms with Gasteiger partial charge >= 0.3 is 5.63 Å². The smallest absolute Gasteiger partial charge is 0.336 e. The van der Waals surface area contributed by atoms with Crippen LogP contribution in [-0.2, 0) is 19.5 Å². The summed E-state index contributed by atoms with van der Waals surface area (Å²) in [4.78, 5) is 13.4. The van der Waals surface area contributed by atoms with Gasteiger partial charge in [-0.2, -0.15) is 0 Å². The van der Waals surface area contributed by atoms with Crippen LogP contribution < -0.4 is 24.7 Å². The Balaban J connectivity index is 1.63. The number of rotatable bonds is 5. The molecule has 6 heteroatoms. The van der Waals surface area contributed by atoms with Crippen molar-refractivity contribution in [1.82, 2.24) is 0 Å². The molecule has 1 aliphatic heterocycles. The van der Waals surface area contributed by atoms with Crippen LogP contribution >= 0.6 is 0 Å². The van der Waals surface area contributed by atoms with Gasteiger partial charge in [0.1, 0.15) is 24.4 Å². The second-order valence-corrected chi connectivity index (χ2v) is 7.03. The van der Waals surface area contributed by atoms with Gasteiger partial charge in [0.05, 0.1) is 27.9 Å². The molecule has 0 aliphatic carbocycles. The summed E-state index contributed by atoms with van der Waals surface area (Å²) in [6.07, 6.45) is 0.957. The van der Waals surface area contributed by atoms with E-state index >= 15 is 0 Å². The summed E-state index contributed by atoms with van der Waals surface area (Å²) in [5.41, 5.74) is 3.77. The summed E-state index contributed by atoms with van der Waals surface area (Å²) < 4.78 is 21.5. The lowest BCUT2D eigenvalue weighted by Gasteiger charge is -2.27.